The quantitative estimate of drug-likeness (QED) is 0.819. The topological polar surface area (TPSA) is 66.4 Å². The molecule has 3 rings (SSSR count). The Morgan fingerprint density at radius 1 is 0.962 bits per heavy atom. The fourth-order valence-electron chi connectivity index (χ4n) is 2.99. The summed E-state index contributed by atoms with van der Waals surface area (Å²) in [5.41, 5.74) is 1.33. The van der Waals surface area contributed by atoms with Crippen molar-refractivity contribution in [3.05, 3.63) is 47.5 Å². The Morgan fingerprint density at radius 2 is 1.73 bits per heavy atom. The van der Waals surface area contributed by atoms with Gasteiger partial charge in [-0.05, 0) is 29.8 Å². The summed E-state index contributed by atoms with van der Waals surface area (Å²) in [6.07, 6.45) is 0.0631. The van der Waals surface area contributed by atoms with Gasteiger partial charge in [-0.1, -0.05) is 6.07 Å². The summed E-state index contributed by atoms with van der Waals surface area (Å²) in [5, 5.41) is 10.8. The maximum absolute atomic E-state index is 10.8. The summed E-state index contributed by atoms with van der Waals surface area (Å²) in [6.45, 7) is 1.32. The van der Waals surface area contributed by atoms with Gasteiger partial charge in [0.15, 0.2) is 11.5 Å². The highest BCUT2D eigenvalue weighted by Crippen LogP contribution is 2.36. The minimum Gasteiger partial charge on any atom is -0.496 e. The van der Waals surface area contributed by atoms with E-state index >= 15 is 0 Å². The number of aliphatic hydroxyl groups is 1. The molecule has 0 spiro atoms. The molecule has 1 aliphatic heterocycles. The second-order valence-corrected chi connectivity index (χ2v) is 6.02. The molecule has 1 saturated heterocycles. The molecule has 0 aromatic heterocycles. The zero-order valence-corrected chi connectivity index (χ0v) is 15.2. The Morgan fingerprint density at radius 3 is 2.38 bits per heavy atom. The summed E-state index contributed by atoms with van der Waals surface area (Å²) in [5.74, 6) is 2.42. The number of rotatable bonds is 7. The molecule has 1 N–H and O–H groups in total. The van der Waals surface area contributed by atoms with E-state index in [2.05, 4.69) is 0 Å². The van der Waals surface area contributed by atoms with Crippen LogP contribution in [0.3, 0.4) is 0 Å². The average molecular weight is 360 g/mol. The molecule has 0 amide bonds. The molecule has 0 aliphatic carbocycles. The molecule has 0 saturated carbocycles. The van der Waals surface area contributed by atoms with E-state index in [1.165, 1.54) is 0 Å². The van der Waals surface area contributed by atoms with Crippen LogP contribution < -0.4 is 18.9 Å². The van der Waals surface area contributed by atoms with Gasteiger partial charge in [-0.3, -0.25) is 0 Å². The predicted octanol–water partition coefficient (Wildman–Crippen LogP) is 2.96. The van der Waals surface area contributed by atoms with Crippen LogP contribution >= 0.6 is 0 Å². The zero-order valence-electron chi connectivity index (χ0n) is 15.2. The minimum absolute atomic E-state index is 0.0568. The third-order valence-corrected chi connectivity index (χ3v) is 4.41. The van der Waals surface area contributed by atoms with E-state index in [4.69, 9.17) is 23.7 Å². The van der Waals surface area contributed by atoms with Crippen LogP contribution in [0.15, 0.2) is 36.4 Å². The van der Waals surface area contributed by atoms with E-state index in [-0.39, 0.29) is 6.10 Å². The molecule has 6 nitrogen and oxygen atoms in total. The molecule has 1 aliphatic rings. The van der Waals surface area contributed by atoms with Gasteiger partial charge in [0.25, 0.3) is 0 Å². The highest BCUT2D eigenvalue weighted by molar-refractivity contribution is 5.49. The van der Waals surface area contributed by atoms with Crippen molar-refractivity contribution < 1.29 is 28.8 Å². The standard InChI is InChI=1S/C20H24O6/c1-22-17-7-4-13(10-19(17)24-3)20(21)16-6-5-14(11-18(16)23-2)26-15-8-9-25-12-15/h4-7,10-11,15,20-21H,8-9,12H2,1-3H3. The molecule has 0 radical (unpaired) electrons. The molecule has 2 aromatic rings. The summed E-state index contributed by atoms with van der Waals surface area (Å²) in [4.78, 5) is 0. The van der Waals surface area contributed by atoms with Gasteiger partial charge in [0.1, 0.15) is 23.7 Å². The molecule has 2 aromatic carbocycles. The van der Waals surface area contributed by atoms with Crippen molar-refractivity contribution >= 4 is 0 Å². The summed E-state index contributed by atoms with van der Waals surface area (Å²) in [7, 11) is 4.71. The molecule has 1 fully saturated rings. The van der Waals surface area contributed by atoms with Crippen LogP contribution in [0.2, 0.25) is 0 Å². The lowest BCUT2D eigenvalue weighted by atomic mass is 10.00. The molecule has 2 atom stereocenters. The van der Waals surface area contributed by atoms with Crippen molar-refractivity contribution in [2.24, 2.45) is 0 Å². The van der Waals surface area contributed by atoms with Gasteiger partial charge in [0.05, 0.1) is 34.5 Å². The number of benzene rings is 2. The third-order valence-electron chi connectivity index (χ3n) is 4.41. The van der Waals surface area contributed by atoms with E-state index in [0.717, 1.165) is 13.0 Å². The van der Waals surface area contributed by atoms with Gasteiger partial charge < -0.3 is 28.8 Å². The first-order valence-electron chi connectivity index (χ1n) is 8.48. The third kappa shape index (κ3) is 3.86. The second-order valence-electron chi connectivity index (χ2n) is 6.02. The van der Waals surface area contributed by atoms with Crippen molar-refractivity contribution in [3.63, 3.8) is 0 Å². The first-order valence-corrected chi connectivity index (χ1v) is 8.48. The van der Waals surface area contributed by atoms with Gasteiger partial charge in [-0.15, -0.1) is 0 Å². The predicted molar refractivity (Wildman–Crippen MR) is 96.5 cm³/mol. The minimum atomic E-state index is -0.867. The van der Waals surface area contributed by atoms with Crippen molar-refractivity contribution in [2.45, 2.75) is 18.6 Å². The summed E-state index contributed by atoms with van der Waals surface area (Å²) in [6, 6.07) is 10.7. The fraction of sp³-hybridized carbons (Fsp3) is 0.400. The molecular formula is C20H24O6. The van der Waals surface area contributed by atoms with Crippen LogP contribution in [-0.2, 0) is 4.74 Å². The van der Waals surface area contributed by atoms with Gasteiger partial charge >= 0.3 is 0 Å². The maximum Gasteiger partial charge on any atom is 0.161 e. The Labute approximate surface area is 153 Å². The first kappa shape index (κ1) is 18.4. The average Bonchev–Trinajstić information content (AvgIpc) is 3.19. The molecule has 2 unspecified atom stereocenters. The summed E-state index contributed by atoms with van der Waals surface area (Å²) < 4.78 is 27.3. The van der Waals surface area contributed by atoms with E-state index in [1.807, 2.05) is 12.1 Å². The monoisotopic (exact) mass is 360 g/mol. The van der Waals surface area contributed by atoms with Gasteiger partial charge in [0, 0.05) is 18.1 Å². The number of ether oxygens (including phenoxy) is 5. The molecule has 140 valence electrons. The van der Waals surface area contributed by atoms with Crippen LogP contribution in [-0.4, -0.2) is 45.8 Å². The van der Waals surface area contributed by atoms with Crippen LogP contribution in [0.1, 0.15) is 23.7 Å². The largest absolute Gasteiger partial charge is 0.496 e. The Kier molecular flexibility index (Phi) is 5.85. The first-order chi connectivity index (χ1) is 12.7. The van der Waals surface area contributed by atoms with E-state index in [0.29, 0.717) is 40.7 Å². The van der Waals surface area contributed by atoms with Crippen molar-refractivity contribution in [1.82, 2.24) is 0 Å². The second kappa shape index (κ2) is 8.29. The summed E-state index contributed by atoms with van der Waals surface area (Å²) >= 11 is 0. The van der Waals surface area contributed by atoms with Crippen LogP contribution in [0.25, 0.3) is 0 Å². The normalized spacial score (nSPS) is 17.6. The van der Waals surface area contributed by atoms with Crippen LogP contribution in [0.5, 0.6) is 23.0 Å². The molecule has 1 heterocycles. The molecule has 0 bridgehead atoms. The van der Waals surface area contributed by atoms with Crippen molar-refractivity contribution in [1.29, 1.82) is 0 Å². The Hall–Kier alpha value is -2.44. The van der Waals surface area contributed by atoms with E-state index in [1.54, 1.807) is 45.6 Å². The Balaban J connectivity index is 1.85. The molecule has 26 heavy (non-hydrogen) atoms. The zero-order chi connectivity index (χ0) is 18.5. The number of hydrogen-bond donors (Lipinski definition) is 1. The lowest BCUT2D eigenvalue weighted by Gasteiger charge is -2.19. The van der Waals surface area contributed by atoms with Crippen molar-refractivity contribution in [3.8, 4) is 23.0 Å². The van der Waals surface area contributed by atoms with E-state index < -0.39 is 6.10 Å². The van der Waals surface area contributed by atoms with E-state index in [9.17, 15) is 5.11 Å². The Bertz CT molecular complexity index is 739. The smallest absolute Gasteiger partial charge is 0.161 e. The highest BCUT2D eigenvalue weighted by Gasteiger charge is 2.21. The van der Waals surface area contributed by atoms with Crippen LogP contribution in [0, 0.1) is 0 Å². The van der Waals surface area contributed by atoms with Crippen LogP contribution in [0.4, 0.5) is 0 Å². The number of methoxy groups -OCH3 is 3. The number of hydrogen-bond acceptors (Lipinski definition) is 6. The number of aliphatic hydroxyl groups excluding tert-OH is 1. The lowest BCUT2D eigenvalue weighted by molar-refractivity contribution is 0.141. The van der Waals surface area contributed by atoms with Gasteiger partial charge in [-0.25, -0.2) is 0 Å². The lowest BCUT2D eigenvalue weighted by Crippen LogP contribution is -2.15. The van der Waals surface area contributed by atoms with Crippen molar-refractivity contribution in [2.75, 3.05) is 34.5 Å². The molecule has 6 heteroatoms. The maximum atomic E-state index is 10.8. The van der Waals surface area contributed by atoms with Gasteiger partial charge in [-0.2, -0.15) is 0 Å². The SMILES string of the molecule is COc1ccc(C(O)c2ccc(OC3CCOC3)cc2OC)cc1OC. The fourth-order valence-corrected chi connectivity index (χ4v) is 2.99. The van der Waals surface area contributed by atoms with Gasteiger partial charge in [0.2, 0.25) is 0 Å². The highest BCUT2D eigenvalue weighted by atomic mass is 16.5. The molecular weight excluding hydrogens is 336 g/mol.